The van der Waals surface area contributed by atoms with Crippen molar-refractivity contribution >= 4 is 17.0 Å². The van der Waals surface area contributed by atoms with Gasteiger partial charge < -0.3 is 10.4 Å². The van der Waals surface area contributed by atoms with Crippen molar-refractivity contribution in [3.63, 3.8) is 0 Å². The molecule has 0 spiro atoms. The van der Waals surface area contributed by atoms with Gasteiger partial charge in [-0.25, -0.2) is 9.50 Å². The fourth-order valence-electron chi connectivity index (χ4n) is 2.75. The van der Waals surface area contributed by atoms with Gasteiger partial charge in [0.15, 0.2) is 5.82 Å². The molecule has 26 heavy (non-hydrogen) atoms. The van der Waals surface area contributed by atoms with Crippen LogP contribution >= 0.6 is 0 Å². The number of rotatable bonds is 5. The van der Waals surface area contributed by atoms with Gasteiger partial charge in [0.1, 0.15) is 11.8 Å². The van der Waals surface area contributed by atoms with Gasteiger partial charge >= 0.3 is 0 Å². The third kappa shape index (κ3) is 3.40. The zero-order valence-corrected chi connectivity index (χ0v) is 14.5. The average molecular weight is 349 g/mol. The van der Waals surface area contributed by atoms with E-state index in [9.17, 15) is 5.11 Å². The zero-order chi connectivity index (χ0) is 18.1. The fraction of sp³-hybridized carbons (Fsp3) is 0.222. The molecule has 0 aromatic carbocycles. The first-order chi connectivity index (χ1) is 12.5. The lowest BCUT2D eigenvalue weighted by Crippen LogP contribution is -2.26. The first kappa shape index (κ1) is 16.2. The third-order valence-electron chi connectivity index (χ3n) is 3.86. The van der Waals surface area contributed by atoms with Crippen molar-refractivity contribution in [3.05, 3.63) is 55.5 Å². The Labute approximate surface area is 150 Å². The lowest BCUT2D eigenvalue weighted by Gasteiger charge is -2.16. The van der Waals surface area contributed by atoms with Gasteiger partial charge in [-0.15, -0.1) is 0 Å². The minimum Gasteiger partial charge on any atom is -0.389 e. The van der Waals surface area contributed by atoms with Crippen molar-refractivity contribution in [2.24, 2.45) is 0 Å². The number of aliphatic hydroxyl groups is 1. The third-order valence-corrected chi connectivity index (χ3v) is 3.86. The molecule has 0 atom stereocenters. The van der Waals surface area contributed by atoms with Gasteiger partial charge in [0, 0.05) is 41.6 Å². The molecule has 0 unspecified atom stereocenters. The number of nitrogens with one attached hydrogen (secondary N) is 1. The van der Waals surface area contributed by atoms with E-state index in [0.29, 0.717) is 12.4 Å². The van der Waals surface area contributed by atoms with Crippen molar-refractivity contribution in [3.8, 4) is 11.1 Å². The Hall–Kier alpha value is -3.26. The molecule has 0 radical (unpaired) electrons. The SMILES string of the molecule is CC(C)(O)Cn1cc(-c2cc3c(Nc4ccncc4)ncnn3c2)cn1. The van der Waals surface area contributed by atoms with Crippen LogP contribution in [0.1, 0.15) is 13.8 Å². The smallest absolute Gasteiger partial charge is 0.158 e. The number of anilines is 2. The molecule has 132 valence electrons. The maximum Gasteiger partial charge on any atom is 0.158 e. The van der Waals surface area contributed by atoms with Gasteiger partial charge in [-0.05, 0) is 32.0 Å². The Morgan fingerprint density at radius 3 is 2.69 bits per heavy atom. The van der Waals surface area contributed by atoms with Crippen LogP contribution in [0.25, 0.3) is 16.6 Å². The van der Waals surface area contributed by atoms with Crippen LogP contribution in [0.3, 0.4) is 0 Å². The second-order valence-electron chi connectivity index (χ2n) is 6.77. The molecular formula is C18H19N7O. The molecule has 0 amide bonds. The number of nitrogens with zero attached hydrogens (tertiary/aromatic N) is 6. The highest BCUT2D eigenvalue weighted by Gasteiger charge is 2.15. The number of aromatic nitrogens is 6. The molecule has 8 nitrogen and oxygen atoms in total. The summed E-state index contributed by atoms with van der Waals surface area (Å²) in [5.74, 6) is 0.710. The van der Waals surface area contributed by atoms with Gasteiger partial charge in [-0.1, -0.05) is 0 Å². The molecule has 4 aromatic heterocycles. The fourth-order valence-corrected chi connectivity index (χ4v) is 2.75. The normalized spacial score (nSPS) is 11.8. The van der Waals surface area contributed by atoms with Crippen molar-refractivity contribution in [1.29, 1.82) is 0 Å². The number of hydrogen-bond acceptors (Lipinski definition) is 6. The van der Waals surface area contributed by atoms with Crippen LogP contribution in [0, 0.1) is 0 Å². The van der Waals surface area contributed by atoms with Crippen LogP contribution in [0.2, 0.25) is 0 Å². The van der Waals surface area contributed by atoms with E-state index in [0.717, 1.165) is 22.3 Å². The first-order valence-corrected chi connectivity index (χ1v) is 8.24. The van der Waals surface area contributed by atoms with E-state index >= 15 is 0 Å². The Bertz CT molecular complexity index is 1030. The van der Waals surface area contributed by atoms with Crippen molar-refractivity contribution < 1.29 is 5.11 Å². The highest BCUT2D eigenvalue weighted by atomic mass is 16.3. The zero-order valence-electron chi connectivity index (χ0n) is 14.5. The van der Waals surface area contributed by atoms with Crippen molar-refractivity contribution in [2.45, 2.75) is 26.0 Å². The first-order valence-electron chi connectivity index (χ1n) is 8.24. The molecule has 8 heteroatoms. The van der Waals surface area contributed by atoms with E-state index in [1.54, 1.807) is 41.6 Å². The Balaban J connectivity index is 1.67. The van der Waals surface area contributed by atoms with Crippen LogP contribution in [-0.2, 0) is 6.54 Å². The number of pyridine rings is 1. The standard InChI is InChI=1S/C18H19N7O/c1-18(2,26)11-24-9-14(8-21-24)13-7-16-17(20-12-22-25(16)10-13)23-15-3-5-19-6-4-15/h3-10,12,26H,11H2,1-2H3,(H,19,20,22,23). The van der Waals surface area contributed by atoms with Gasteiger partial charge in [0.2, 0.25) is 0 Å². The van der Waals surface area contributed by atoms with Gasteiger partial charge in [-0.3, -0.25) is 9.67 Å². The molecular weight excluding hydrogens is 330 g/mol. The summed E-state index contributed by atoms with van der Waals surface area (Å²) in [5, 5.41) is 21.8. The lowest BCUT2D eigenvalue weighted by molar-refractivity contribution is 0.0577. The minimum absolute atomic E-state index is 0.426. The maximum absolute atomic E-state index is 9.95. The van der Waals surface area contributed by atoms with Gasteiger partial charge in [0.25, 0.3) is 0 Å². The van der Waals surface area contributed by atoms with Crippen LogP contribution in [-0.4, -0.2) is 40.1 Å². The molecule has 0 saturated carbocycles. The van der Waals surface area contributed by atoms with Crippen molar-refractivity contribution in [1.82, 2.24) is 29.4 Å². The van der Waals surface area contributed by atoms with E-state index in [1.165, 1.54) is 6.33 Å². The molecule has 4 rings (SSSR count). The van der Waals surface area contributed by atoms with E-state index in [-0.39, 0.29) is 0 Å². The van der Waals surface area contributed by atoms with Gasteiger partial charge in [-0.2, -0.15) is 10.2 Å². The summed E-state index contributed by atoms with van der Waals surface area (Å²) in [4.78, 5) is 8.36. The number of hydrogen-bond donors (Lipinski definition) is 2. The summed E-state index contributed by atoms with van der Waals surface area (Å²) >= 11 is 0. The molecule has 0 aliphatic carbocycles. The molecule has 0 aliphatic heterocycles. The van der Waals surface area contributed by atoms with Crippen LogP contribution in [0.4, 0.5) is 11.5 Å². The highest BCUT2D eigenvalue weighted by Crippen LogP contribution is 2.26. The molecule has 0 bridgehead atoms. The largest absolute Gasteiger partial charge is 0.389 e. The molecule has 4 aromatic rings. The Kier molecular flexibility index (Phi) is 3.89. The summed E-state index contributed by atoms with van der Waals surface area (Å²) < 4.78 is 3.51. The van der Waals surface area contributed by atoms with E-state index < -0.39 is 5.60 Å². The summed E-state index contributed by atoms with van der Waals surface area (Å²) in [6.07, 6.45) is 10.6. The van der Waals surface area contributed by atoms with E-state index in [4.69, 9.17) is 0 Å². The predicted octanol–water partition coefficient (Wildman–Crippen LogP) is 2.50. The minimum atomic E-state index is -0.818. The summed E-state index contributed by atoms with van der Waals surface area (Å²) in [6, 6.07) is 5.77. The summed E-state index contributed by atoms with van der Waals surface area (Å²) in [5.41, 5.74) is 2.87. The van der Waals surface area contributed by atoms with Crippen molar-refractivity contribution in [2.75, 3.05) is 5.32 Å². The van der Waals surface area contributed by atoms with Crippen LogP contribution in [0.15, 0.2) is 55.5 Å². The monoisotopic (exact) mass is 349 g/mol. The quantitative estimate of drug-likeness (QED) is 0.575. The molecule has 0 aliphatic rings. The summed E-state index contributed by atoms with van der Waals surface area (Å²) in [7, 11) is 0. The molecule has 4 heterocycles. The summed E-state index contributed by atoms with van der Waals surface area (Å²) in [6.45, 7) is 3.94. The highest BCUT2D eigenvalue weighted by molar-refractivity contribution is 5.79. The second-order valence-corrected chi connectivity index (χ2v) is 6.77. The van der Waals surface area contributed by atoms with Gasteiger partial charge in [0.05, 0.1) is 18.3 Å². The molecule has 0 fully saturated rings. The second kappa shape index (κ2) is 6.23. The lowest BCUT2D eigenvalue weighted by atomic mass is 10.1. The Morgan fingerprint density at radius 1 is 1.12 bits per heavy atom. The van der Waals surface area contributed by atoms with E-state index in [1.807, 2.05) is 30.6 Å². The van der Waals surface area contributed by atoms with E-state index in [2.05, 4.69) is 25.5 Å². The van der Waals surface area contributed by atoms with Crippen LogP contribution in [0.5, 0.6) is 0 Å². The molecule has 2 N–H and O–H groups in total. The maximum atomic E-state index is 9.95. The average Bonchev–Trinajstić information content (AvgIpc) is 3.21. The topological polar surface area (TPSA) is 93.2 Å². The molecule has 0 saturated heterocycles. The number of fused-ring (bicyclic) bond motifs is 1. The predicted molar refractivity (Wildman–Crippen MR) is 98.0 cm³/mol. The van der Waals surface area contributed by atoms with Crippen LogP contribution < -0.4 is 5.32 Å². The Morgan fingerprint density at radius 2 is 1.92 bits per heavy atom.